The number of hydrogen-bond acceptors (Lipinski definition) is 3. The summed E-state index contributed by atoms with van der Waals surface area (Å²) in [7, 11) is 0. The third-order valence-corrected chi connectivity index (χ3v) is 4.23. The SMILES string of the molecule is O=C(Nc1ccc[nH]c1=O)N(C/C=C/c1ccccc1)C[C@@H]1CCCO1. The van der Waals surface area contributed by atoms with Crippen molar-refractivity contribution in [2.45, 2.75) is 18.9 Å². The Morgan fingerprint density at radius 1 is 1.27 bits per heavy atom. The van der Waals surface area contributed by atoms with Gasteiger partial charge in [-0.3, -0.25) is 4.79 Å². The van der Waals surface area contributed by atoms with Crippen LogP contribution in [-0.2, 0) is 4.74 Å². The van der Waals surface area contributed by atoms with Crippen LogP contribution in [0.1, 0.15) is 18.4 Å². The Labute approximate surface area is 152 Å². The minimum Gasteiger partial charge on any atom is -0.376 e. The Kier molecular flexibility index (Phi) is 6.22. The molecule has 3 rings (SSSR count). The fourth-order valence-electron chi connectivity index (χ4n) is 2.87. The van der Waals surface area contributed by atoms with Crippen molar-refractivity contribution >= 4 is 17.8 Å². The molecule has 0 saturated carbocycles. The number of carbonyl (C=O) groups excluding carboxylic acids is 1. The topological polar surface area (TPSA) is 74.4 Å². The lowest BCUT2D eigenvalue weighted by atomic mass is 10.2. The van der Waals surface area contributed by atoms with E-state index < -0.39 is 0 Å². The van der Waals surface area contributed by atoms with Gasteiger partial charge < -0.3 is 19.9 Å². The Bertz CT molecular complexity index is 795. The second-order valence-electron chi connectivity index (χ2n) is 6.20. The van der Waals surface area contributed by atoms with Crippen LogP contribution in [0.2, 0.25) is 0 Å². The van der Waals surface area contributed by atoms with Crippen molar-refractivity contribution in [3.05, 3.63) is 70.7 Å². The number of benzene rings is 1. The van der Waals surface area contributed by atoms with Gasteiger partial charge in [0.2, 0.25) is 0 Å². The van der Waals surface area contributed by atoms with Crippen molar-refractivity contribution in [1.82, 2.24) is 9.88 Å². The molecule has 1 saturated heterocycles. The van der Waals surface area contributed by atoms with Gasteiger partial charge in [0.25, 0.3) is 5.56 Å². The molecule has 0 bridgehead atoms. The average molecular weight is 353 g/mol. The van der Waals surface area contributed by atoms with Gasteiger partial charge >= 0.3 is 6.03 Å². The fraction of sp³-hybridized carbons (Fsp3) is 0.300. The highest BCUT2D eigenvalue weighted by Gasteiger charge is 2.22. The van der Waals surface area contributed by atoms with Gasteiger partial charge in [0.15, 0.2) is 0 Å². The summed E-state index contributed by atoms with van der Waals surface area (Å²) < 4.78 is 5.66. The molecule has 2 aromatic rings. The van der Waals surface area contributed by atoms with Gasteiger partial charge in [0.05, 0.1) is 6.10 Å². The van der Waals surface area contributed by atoms with Gasteiger partial charge in [-0.15, -0.1) is 0 Å². The van der Waals surface area contributed by atoms with Crippen LogP contribution in [0.4, 0.5) is 10.5 Å². The zero-order valence-corrected chi connectivity index (χ0v) is 14.6. The second-order valence-corrected chi connectivity index (χ2v) is 6.20. The van der Waals surface area contributed by atoms with E-state index >= 15 is 0 Å². The van der Waals surface area contributed by atoms with Gasteiger partial charge in [0.1, 0.15) is 5.69 Å². The molecule has 0 spiro atoms. The summed E-state index contributed by atoms with van der Waals surface area (Å²) in [6, 6.07) is 12.9. The van der Waals surface area contributed by atoms with E-state index in [1.54, 1.807) is 17.0 Å². The van der Waals surface area contributed by atoms with Crippen molar-refractivity contribution in [1.29, 1.82) is 0 Å². The molecule has 26 heavy (non-hydrogen) atoms. The molecule has 6 heteroatoms. The zero-order valence-electron chi connectivity index (χ0n) is 14.6. The fourth-order valence-corrected chi connectivity index (χ4v) is 2.87. The maximum atomic E-state index is 12.7. The number of H-pyrrole nitrogens is 1. The predicted molar refractivity (Wildman–Crippen MR) is 102 cm³/mol. The molecule has 1 aromatic heterocycles. The third kappa shape index (κ3) is 5.07. The number of rotatable bonds is 6. The minimum absolute atomic E-state index is 0.0416. The average Bonchev–Trinajstić information content (AvgIpc) is 3.17. The first kappa shape index (κ1) is 17.9. The van der Waals surface area contributed by atoms with Crippen molar-refractivity contribution in [2.24, 2.45) is 0 Å². The summed E-state index contributed by atoms with van der Waals surface area (Å²) in [6.45, 7) is 1.67. The van der Waals surface area contributed by atoms with E-state index in [1.165, 1.54) is 6.20 Å². The quantitative estimate of drug-likeness (QED) is 0.838. The number of nitrogens with one attached hydrogen (secondary N) is 2. The van der Waals surface area contributed by atoms with E-state index in [0.717, 1.165) is 25.0 Å². The van der Waals surface area contributed by atoms with E-state index in [4.69, 9.17) is 4.74 Å². The summed E-state index contributed by atoms with van der Waals surface area (Å²) in [5, 5.41) is 2.69. The number of hydrogen-bond donors (Lipinski definition) is 2. The van der Waals surface area contributed by atoms with Gasteiger partial charge in [0, 0.05) is 25.9 Å². The zero-order chi connectivity index (χ0) is 18.2. The molecule has 0 aliphatic carbocycles. The number of anilines is 1. The molecule has 2 amide bonds. The van der Waals surface area contributed by atoms with Crippen LogP contribution in [-0.4, -0.2) is 41.7 Å². The molecule has 2 N–H and O–H groups in total. The smallest absolute Gasteiger partial charge is 0.322 e. The Hall–Kier alpha value is -2.86. The summed E-state index contributed by atoms with van der Waals surface area (Å²) >= 11 is 0. The van der Waals surface area contributed by atoms with Gasteiger partial charge in [-0.25, -0.2) is 4.79 Å². The van der Waals surface area contributed by atoms with E-state index in [0.29, 0.717) is 13.1 Å². The maximum Gasteiger partial charge on any atom is 0.322 e. The number of aromatic nitrogens is 1. The molecule has 1 aliphatic rings. The van der Waals surface area contributed by atoms with Crippen LogP contribution in [0.3, 0.4) is 0 Å². The molecule has 1 atom stereocenters. The minimum atomic E-state index is -0.322. The monoisotopic (exact) mass is 353 g/mol. The normalized spacial score (nSPS) is 16.7. The second kappa shape index (κ2) is 9.01. The van der Waals surface area contributed by atoms with Crippen molar-refractivity contribution in [2.75, 3.05) is 25.0 Å². The Balaban J connectivity index is 1.67. The number of amides is 2. The van der Waals surface area contributed by atoms with Crippen LogP contribution < -0.4 is 10.9 Å². The molecular formula is C20H23N3O3. The molecule has 6 nitrogen and oxygen atoms in total. The first-order valence-electron chi connectivity index (χ1n) is 8.79. The van der Waals surface area contributed by atoms with Crippen LogP contribution in [0.25, 0.3) is 6.08 Å². The lowest BCUT2D eigenvalue weighted by Crippen LogP contribution is -2.41. The number of pyridine rings is 1. The van der Waals surface area contributed by atoms with E-state index in [-0.39, 0.29) is 23.4 Å². The van der Waals surface area contributed by atoms with Crippen molar-refractivity contribution in [3.8, 4) is 0 Å². The number of nitrogens with zero attached hydrogens (tertiary/aromatic N) is 1. The van der Waals surface area contributed by atoms with Crippen LogP contribution in [0, 0.1) is 0 Å². The summed E-state index contributed by atoms with van der Waals surface area (Å²) in [4.78, 5) is 28.7. The molecule has 0 radical (unpaired) electrons. The molecule has 136 valence electrons. The van der Waals surface area contributed by atoms with Crippen molar-refractivity contribution in [3.63, 3.8) is 0 Å². The standard InChI is InChI=1S/C20H23N3O3/c24-19-18(11-4-12-21-19)22-20(25)23(15-17-10-6-14-26-17)13-5-9-16-7-2-1-3-8-16/h1-5,7-9,11-12,17H,6,10,13-15H2,(H,21,24)(H,22,25)/b9-5+/t17-/m0/s1. The Morgan fingerprint density at radius 2 is 2.12 bits per heavy atom. The van der Waals surface area contributed by atoms with Gasteiger partial charge in [-0.1, -0.05) is 42.5 Å². The molecule has 1 aliphatic heterocycles. The molecule has 1 aromatic carbocycles. The first-order valence-corrected chi connectivity index (χ1v) is 8.79. The lowest BCUT2D eigenvalue weighted by molar-refractivity contribution is 0.0863. The third-order valence-electron chi connectivity index (χ3n) is 4.23. The van der Waals surface area contributed by atoms with Crippen LogP contribution in [0.15, 0.2) is 59.5 Å². The first-order chi connectivity index (χ1) is 12.7. The largest absolute Gasteiger partial charge is 0.376 e. The summed E-state index contributed by atoms with van der Waals surface area (Å²) in [5.74, 6) is 0. The van der Waals surface area contributed by atoms with Crippen molar-refractivity contribution < 1.29 is 9.53 Å². The molecule has 1 fully saturated rings. The number of ether oxygens (including phenoxy) is 1. The summed E-state index contributed by atoms with van der Waals surface area (Å²) in [5.41, 5.74) is 0.990. The molecular weight excluding hydrogens is 330 g/mol. The van der Waals surface area contributed by atoms with Crippen LogP contribution in [0.5, 0.6) is 0 Å². The highest BCUT2D eigenvalue weighted by atomic mass is 16.5. The number of aromatic amines is 1. The molecule has 2 heterocycles. The van der Waals surface area contributed by atoms with Crippen LogP contribution >= 0.6 is 0 Å². The number of carbonyl (C=O) groups is 1. The van der Waals surface area contributed by atoms with E-state index in [1.807, 2.05) is 42.5 Å². The molecule has 0 unspecified atom stereocenters. The van der Waals surface area contributed by atoms with Gasteiger partial charge in [-0.05, 0) is 30.5 Å². The van der Waals surface area contributed by atoms with E-state index in [9.17, 15) is 9.59 Å². The Morgan fingerprint density at radius 3 is 2.85 bits per heavy atom. The number of urea groups is 1. The lowest BCUT2D eigenvalue weighted by Gasteiger charge is -2.24. The predicted octanol–water partition coefficient (Wildman–Crippen LogP) is 3.10. The highest BCUT2D eigenvalue weighted by Crippen LogP contribution is 2.14. The summed E-state index contributed by atoms with van der Waals surface area (Å²) in [6.07, 6.45) is 7.45. The van der Waals surface area contributed by atoms with E-state index in [2.05, 4.69) is 10.3 Å². The van der Waals surface area contributed by atoms with Gasteiger partial charge in [-0.2, -0.15) is 0 Å². The maximum absolute atomic E-state index is 12.7. The highest BCUT2D eigenvalue weighted by molar-refractivity contribution is 5.89.